The summed E-state index contributed by atoms with van der Waals surface area (Å²) < 4.78 is 5.52. The molecule has 6 heteroatoms. The van der Waals surface area contributed by atoms with E-state index in [2.05, 4.69) is 54.5 Å². The Morgan fingerprint density at radius 1 is 1.00 bits per heavy atom. The van der Waals surface area contributed by atoms with Crippen LogP contribution in [0.2, 0.25) is 0 Å². The minimum atomic E-state index is -0.713. The Kier molecular flexibility index (Phi) is 8.20. The van der Waals surface area contributed by atoms with Crippen molar-refractivity contribution in [2.45, 2.75) is 44.6 Å². The topological polar surface area (TPSA) is 67.4 Å². The molecule has 160 valence electrons. The number of fused-ring (bicyclic) bond motifs is 3. The molecule has 2 aromatic carbocycles. The van der Waals surface area contributed by atoms with Gasteiger partial charge in [-0.05, 0) is 28.7 Å². The zero-order valence-electron chi connectivity index (χ0n) is 17.4. The summed E-state index contributed by atoms with van der Waals surface area (Å²) in [5, 5.41) is 5.50. The molecule has 1 atom stereocenters. The first-order valence-corrected chi connectivity index (χ1v) is 11.3. The monoisotopic (exact) mass is 426 g/mol. The number of alkyl carbamates (subject to hydrolysis) is 1. The lowest BCUT2D eigenvalue weighted by molar-refractivity contribution is -0.122. The third kappa shape index (κ3) is 5.36. The number of unbranched alkanes of at least 4 members (excludes halogenated alkanes) is 3. The van der Waals surface area contributed by atoms with Crippen LogP contribution in [0, 0.1) is 0 Å². The summed E-state index contributed by atoms with van der Waals surface area (Å²) in [6, 6.07) is 15.7. The van der Waals surface area contributed by atoms with Crippen molar-refractivity contribution < 1.29 is 14.3 Å². The molecule has 0 saturated carbocycles. The van der Waals surface area contributed by atoms with E-state index in [-0.39, 0.29) is 24.2 Å². The van der Waals surface area contributed by atoms with Gasteiger partial charge in [0.15, 0.2) is 0 Å². The maximum atomic E-state index is 12.4. The van der Waals surface area contributed by atoms with Crippen molar-refractivity contribution in [1.29, 1.82) is 0 Å². The molecule has 0 unspecified atom stereocenters. The number of ether oxygens (including phenoxy) is 1. The van der Waals surface area contributed by atoms with Gasteiger partial charge in [-0.25, -0.2) is 4.79 Å². The smallest absolute Gasteiger partial charge is 0.407 e. The lowest BCUT2D eigenvalue weighted by Crippen LogP contribution is -2.48. The van der Waals surface area contributed by atoms with Gasteiger partial charge in [0.1, 0.15) is 12.6 Å². The third-order valence-corrected chi connectivity index (χ3v) is 5.83. The molecule has 0 saturated heterocycles. The van der Waals surface area contributed by atoms with Crippen LogP contribution in [0.15, 0.2) is 48.5 Å². The van der Waals surface area contributed by atoms with E-state index in [1.165, 1.54) is 11.1 Å². The quantitative estimate of drug-likeness (QED) is 0.387. The molecule has 0 bridgehead atoms. The SMILES string of the molecule is CCCCCCNC(=O)[C@H](CS)NC(=O)OCC1c2ccccc2-c2ccccc21. The van der Waals surface area contributed by atoms with Crippen molar-refractivity contribution in [2.24, 2.45) is 0 Å². The molecule has 0 radical (unpaired) electrons. The van der Waals surface area contributed by atoms with E-state index in [0.717, 1.165) is 36.8 Å². The van der Waals surface area contributed by atoms with Crippen molar-refractivity contribution in [2.75, 3.05) is 18.9 Å². The molecular formula is C24H30N2O3S. The van der Waals surface area contributed by atoms with Gasteiger partial charge >= 0.3 is 6.09 Å². The number of nitrogens with one attached hydrogen (secondary N) is 2. The van der Waals surface area contributed by atoms with Crippen molar-refractivity contribution in [1.82, 2.24) is 10.6 Å². The predicted molar refractivity (Wildman–Crippen MR) is 123 cm³/mol. The molecule has 3 rings (SSSR count). The molecule has 0 fully saturated rings. The third-order valence-electron chi connectivity index (χ3n) is 5.46. The average molecular weight is 427 g/mol. The van der Waals surface area contributed by atoms with Gasteiger partial charge in [0, 0.05) is 18.2 Å². The Balaban J connectivity index is 1.53. The average Bonchev–Trinajstić information content (AvgIpc) is 3.09. The molecule has 30 heavy (non-hydrogen) atoms. The molecule has 1 aliphatic rings. The highest BCUT2D eigenvalue weighted by molar-refractivity contribution is 7.80. The Morgan fingerprint density at radius 2 is 1.63 bits per heavy atom. The minimum Gasteiger partial charge on any atom is -0.449 e. The fraction of sp³-hybridized carbons (Fsp3) is 0.417. The number of hydrogen-bond acceptors (Lipinski definition) is 4. The first kappa shape index (κ1) is 22.2. The second kappa shape index (κ2) is 11.1. The van der Waals surface area contributed by atoms with Crippen LogP contribution in [0.25, 0.3) is 11.1 Å². The van der Waals surface area contributed by atoms with Crippen LogP contribution in [0.4, 0.5) is 4.79 Å². The summed E-state index contributed by atoms with van der Waals surface area (Å²) >= 11 is 4.21. The fourth-order valence-corrected chi connectivity index (χ4v) is 4.12. The van der Waals surface area contributed by atoms with Gasteiger partial charge in [-0.2, -0.15) is 12.6 Å². The van der Waals surface area contributed by atoms with Gasteiger partial charge in [0.2, 0.25) is 5.91 Å². The Labute approximate surface area is 184 Å². The molecule has 0 heterocycles. The normalized spacial score (nSPS) is 13.3. The lowest BCUT2D eigenvalue weighted by Gasteiger charge is -2.18. The fourth-order valence-electron chi connectivity index (χ4n) is 3.86. The summed E-state index contributed by atoms with van der Waals surface area (Å²) in [7, 11) is 0. The van der Waals surface area contributed by atoms with Crippen molar-refractivity contribution >= 4 is 24.6 Å². The predicted octanol–water partition coefficient (Wildman–Crippen LogP) is 4.52. The molecule has 2 N–H and O–H groups in total. The van der Waals surface area contributed by atoms with Gasteiger partial charge in [0.05, 0.1) is 0 Å². The maximum Gasteiger partial charge on any atom is 0.407 e. The summed E-state index contributed by atoms with van der Waals surface area (Å²) in [6.07, 6.45) is 3.73. The number of hydrogen-bond donors (Lipinski definition) is 3. The van der Waals surface area contributed by atoms with Crippen LogP contribution < -0.4 is 10.6 Å². The summed E-state index contributed by atoms with van der Waals surface area (Å²) in [6.45, 7) is 2.97. The van der Waals surface area contributed by atoms with Gasteiger partial charge in [-0.15, -0.1) is 0 Å². The Bertz CT molecular complexity index is 826. The van der Waals surface area contributed by atoms with E-state index in [4.69, 9.17) is 4.74 Å². The van der Waals surface area contributed by atoms with E-state index in [0.29, 0.717) is 6.54 Å². The largest absolute Gasteiger partial charge is 0.449 e. The first-order valence-electron chi connectivity index (χ1n) is 10.7. The van der Waals surface area contributed by atoms with Gasteiger partial charge in [-0.1, -0.05) is 74.7 Å². The van der Waals surface area contributed by atoms with Crippen LogP contribution in [-0.4, -0.2) is 36.9 Å². The van der Waals surface area contributed by atoms with Crippen LogP contribution >= 0.6 is 12.6 Å². The van der Waals surface area contributed by atoms with Crippen molar-refractivity contribution in [3.05, 3.63) is 59.7 Å². The van der Waals surface area contributed by atoms with E-state index in [1.54, 1.807) is 0 Å². The van der Waals surface area contributed by atoms with Gasteiger partial charge in [0.25, 0.3) is 0 Å². The van der Waals surface area contributed by atoms with E-state index in [9.17, 15) is 9.59 Å². The van der Waals surface area contributed by atoms with Gasteiger partial charge in [-0.3, -0.25) is 4.79 Å². The zero-order chi connectivity index (χ0) is 21.3. The molecule has 2 amide bonds. The highest BCUT2D eigenvalue weighted by atomic mass is 32.1. The van der Waals surface area contributed by atoms with Crippen molar-refractivity contribution in [3.8, 4) is 11.1 Å². The zero-order valence-corrected chi connectivity index (χ0v) is 18.3. The number of carbonyl (C=O) groups excluding carboxylic acids is 2. The van der Waals surface area contributed by atoms with Gasteiger partial charge < -0.3 is 15.4 Å². The number of amides is 2. The minimum absolute atomic E-state index is 0.00927. The summed E-state index contributed by atoms with van der Waals surface area (Å²) in [5.41, 5.74) is 4.67. The van der Waals surface area contributed by atoms with Crippen LogP contribution in [0.3, 0.4) is 0 Å². The summed E-state index contributed by atoms with van der Waals surface area (Å²) in [4.78, 5) is 24.7. The molecule has 5 nitrogen and oxygen atoms in total. The maximum absolute atomic E-state index is 12.4. The second-order valence-electron chi connectivity index (χ2n) is 7.56. The second-order valence-corrected chi connectivity index (χ2v) is 7.92. The van der Waals surface area contributed by atoms with Crippen LogP contribution in [0.5, 0.6) is 0 Å². The summed E-state index contributed by atoms with van der Waals surface area (Å²) in [5.74, 6) is -0.0228. The molecule has 1 aliphatic carbocycles. The van der Waals surface area contributed by atoms with Crippen LogP contribution in [-0.2, 0) is 9.53 Å². The van der Waals surface area contributed by atoms with E-state index in [1.807, 2.05) is 24.3 Å². The molecule has 0 spiro atoms. The highest BCUT2D eigenvalue weighted by Crippen LogP contribution is 2.44. The standard InChI is InChI=1S/C24H30N2O3S/c1-2-3-4-9-14-25-23(27)22(16-30)26-24(28)29-15-21-19-12-7-5-10-17(19)18-11-6-8-13-20(18)21/h5-8,10-13,21-22,30H,2-4,9,14-16H2,1H3,(H,25,27)(H,26,28)/t22-/m0/s1. The number of thiol groups is 1. The van der Waals surface area contributed by atoms with E-state index < -0.39 is 12.1 Å². The Morgan fingerprint density at radius 3 is 2.23 bits per heavy atom. The Hall–Kier alpha value is -2.47. The van der Waals surface area contributed by atoms with Crippen molar-refractivity contribution in [3.63, 3.8) is 0 Å². The first-order chi connectivity index (χ1) is 14.7. The molecular weight excluding hydrogens is 396 g/mol. The number of rotatable bonds is 10. The number of carbonyl (C=O) groups is 2. The number of benzene rings is 2. The molecule has 2 aromatic rings. The lowest BCUT2D eigenvalue weighted by atomic mass is 9.98. The van der Waals surface area contributed by atoms with E-state index >= 15 is 0 Å². The molecule has 0 aliphatic heterocycles. The molecule has 0 aromatic heterocycles. The highest BCUT2D eigenvalue weighted by Gasteiger charge is 2.29. The van der Waals surface area contributed by atoms with Crippen LogP contribution in [0.1, 0.15) is 49.7 Å².